The van der Waals surface area contributed by atoms with Gasteiger partial charge in [0, 0.05) is 18.7 Å². The van der Waals surface area contributed by atoms with Gasteiger partial charge >= 0.3 is 0 Å². The van der Waals surface area contributed by atoms with Crippen LogP contribution in [0.2, 0.25) is 0 Å². The molecule has 1 heterocycles. The van der Waals surface area contributed by atoms with E-state index in [9.17, 15) is 0 Å². The number of hydrogen-bond donors (Lipinski definition) is 0. The molecule has 1 aromatic heterocycles. The summed E-state index contributed by atoms with van der Waals surface area (Å²) in [6.07, 6.45) is 3.06. The Bertz CT molecular complexity index is 237. The van der Waals surface area contributed by atoms with Crippen molar-refractivity contribution in [1.29, 1.82) is 0 Å². The molecule has 3 heteroatoms. The highest BCUT2D eigenvalue weighted by molar-refractivity contribution is 5.07. The van der Waals surface area contributed by atoms with Crippen LogP contribution in [0.4, 0.5) is 0 Å². The summed E-state index contributed by atoms with van der Waals surface area (Å²) >= 11 is 0. The quantitative estimate of drug-likeness (QED) is 0.644. The second-order valence-electron chi connectivity index (χ2n) is 3.51. The molecule has 0 saturated heterocycles. The first-order valence-electron chi connectivity index (χ1n) is 3.93. The van der Waals surface area contributed by atoms with E-state index in [1.165, 1.54) is 0 Å². The van der Waals surface area contributed by atoms with E-state index in [0.29, 0.717) is 0 Å². The molecule has 11 heavy (non-hydrogen) atoms. The minimum atomic E-state index is 0.161. The fourth-order valence-corrected chi connectivity index (χ4v) is 0.839. The summed E-state index contributed by atoms with van der Waals surface area (Å²) in [6.45, 7) is 6.52. The van der Waals surface area contributed by atoms with E-state index >= 15 is 0 Å². The molecular weight excluding hydrogens is 138 g/mol. The van der Waals surface area contributed by atoms with Crippen molar-refractivity contribution in [3.63, 3.8) is 0 Å². The smallest absolute Gasteiger partial charge is 0.0882 e. The van der Waals surface area contributed by atoms with Crippen molar-refractivity contribution in [2.24, 2.45) is 7.05 Å². The van der Waals surface area contributed by atoms with Crippen LogP contribution in [0.3, 0.4) is 0 Å². The number of aromatic nitrogens is 3. The molecule has 0 atom stereocenters. The zero-order valence-corrected chi connectivity index (χ0v) is 7.63. The molecule has 62 valence electrons. The molecule has 1 aromatic rings. The average molecular weight is 153 g/mol. The first-order valence-corrected chi connectivity index (χ1v) is 3.93. The Kier molecular flexibility index (Phi) is 1.98. The van der Waals surface area contributed by atoms with E-state index in [0.717, 1.165) is 12.1 Å². The SMILES string of the molecule is CCC(C)(C)c1cn(C)nn1. The third-order valence-electron chi connectivity index (χ3n) is 2.18. The minimum absolute atomic E-state index is 0.161. The highest BCUT2D eigenvalue weighted by atomic mass is 15.4. The first kappa shape index (κ1) is 8.24. The molecule has 0 amide bonds. The Labute approximate surface area is 67.4 Å². The number of rotatable bonds is 2. The Balaban J connectivity index is 2.92. The predicted molar refractivity (Wildman–Crippen MR) is 44.3 cm³/mol. The Morgan fingerprint density at radius 1 is 1.55 bits per heavy atom. The lowest BCUT2D eigenvalue weighted by Gasteiger charge is -2.18. The summed E-state index contributed by atoms with van der Waals surface area (Å²) in [5.41, 5.74) is 1.23. The van der Waals surface area contributed by atoms with Gasteiger partial charge in [-0.15, -0.1) is 5.10 Å². The molecule has 1 rings (SSSR count). The summed E-state index contributed by atoms with van der Waals surface area (Å²) in [6, 6.07) is 0. The lowest BCUT2D eigenvalue weighted by atomic mass is 9.87. The molecule has 0 unspecified atom stereocenters. The molecule has 0 bridgehead atoms. The van der Waals surface area contributed by atoms with Crippen LogP contribution in [-0.2, 0) is 12.5 Å². The van der Waals surface area contributed by atoms with Crippen molar-refractivity contribution in [3.05, 3.63) is 11.9 Å². The van der Waals surface area contributed by atoms with Gasteiger partial charge in [-0.25, -0.2) is 0 Å². The maximum Gasteiger partial charge on any atom is 0.0882 e. The molecule has 0 spiro atoms. The van der Waals surface area contributed by atoms with Gasteiger partial charge < -0.3 is 0 Å². The summed E-state index contributed by atoms with van der Waals surface area (Å²) in [5.74, 6) is 0. The van der Waals surface area contributed by atoms with Crippen LogP contribution in [0.25, 0.3) is 0 Å². The van der Waals surface area contributed by atoms with Crippen molar-refractivity contribution in [3.8, 4) is 0 Å². The normalized spacial score (nSPS) is 12.0. The highest BCUT2D eigenvalue weighted by Crippen LogP contribution is 2.23. The van der Waals surface area contributed by atoms with Crippen molar-refractivity contribution in [2.45, 2.75) is 32.6 Å². The maximum atomic E-state index is 4.07. The molecule has 0 saturated carbocycles. The molecule has 0 radical (unpaired) electrons. The van der Waals surface area contributed by atoms with Crippen LogP contribution in [0.5, 0.6) is 0 Å². The molecule has 3 nitrogen and oxygen atoms in total. The van der Waals surface area contributed by atoms with Crippen LogP contribution >= 0.6 is 0 Å². The highest BCUT2D eigenvalue weighted by Gasteiger charge is 2.20. The van der Waals surface area contributed by atoms with Gasteiger partial charge in [-0.1, -0.05) is 26.0 Å². The Morgan fingerprint density at radius 3 is 2.55 bits per heavy atom. The van der Waals surface area contributed by atoms with E-state index in [1.807, 2.05) is 13.2 Å². The van der Waals surface area contributed by atoms with E-state index < -0.39 is 0 Å². The summed E-state index contributed by atoms with van der Waals surface area (Å²) in [4.78, 5) is 0. The van der Waals surface area contributed by atoms with E-state index in [2.05, 4.69) is 31.1 Å². The number of aryl methyl sites for hydroxylation is 1. The summed E-state index contributed by atoms with van der Waals surface area (Å²) in [7, 11) is 1.89. The lowest BCUT2D eigenvalue weighted by molar-refractivity contribution is 0.489. The monoisotopic (exact) mass is 153 g/mol. The van der Waals surface area contributed by atoms with Crippen LogP contribution < -0.4 is 0 Å². The van der Waals surface area contributed by atoms with Crippen LogP contribution in [0.1, 0.15) is 32.9 Å². The summed E-state index contributed by atoms with van der Waals surface area (Å²) in [5, 5.41) is 7.97. The molecule has 0 aliphatic carbocycles. The number of nitrogens with zero attached hydrogens (tertiary/aromatic N) is 3. The van der Waals surface area contributed by atoms with Gasteiger partial charge in [0.2, 0.25) is 0 Å². The lowest BCUT2D eigenvalue weighted by Crippen LogP contribution is -2.15. The molecular formula is C8H15N3. The standard InChI is InChI=1S/C8H15N3/c1-5-8(2,3)7-6-11(4)10-9-7/h6H,5H2,1-4H3. The van der Waals surface area contributed by atoms with Crippen LogP contribution in [-0.4, -0.2) is 15.0 Å². The van der Waals surface area contributed by atoms with Gasteiger partial charge in [0.1, 0.15) is 0 Å². The molecule has 0 aromatic carbocycles. The van der Waals surface area contributed by atoms with Gasteiger partial charge in [0.05, 0.1) is 5.69 Å². The maximum absolute atomic E-state index is 4.07. The van der Waals surface area contributed by atoms with Gasteiger partial charge in [-0.3, -0.25) is 4.68 Å². The second-order valence-corrected chi connectivity index (χ2v) is 3.51. The van der Waals surface area contributed by atoms with Crippen molar-refractivity contribution >= 4 is 0 Å². The zero-order chi connectivity index (χ0) is 8.48. The Morgan fingerprint density at radius 2 is 2.18 bits per heavy atom. The van der Waals surface area contributed by atoms with Gasteiger partial charge in [-0.05, 0) is 6.42 Å². The largest absolute Gasteiger partial charge is 0.255 e. The third-order valence-corrected chi connectivity index (χ3v) is 2.18. The molecule has 0 N–H and O–H groups in total. The van der Waals surface area contributed by atoms with Gasteiger partial charge in [0.25, 0.3) is 0 Å². The summed E-state index contributed by atoms with van der Waals surface area (Å²) < 4.78 is 1.74. The van der Waals surface area contributed by atoms with Gasteiger partial charge in [0.15, 0.2) is 0 Å². The van der Waals surface area contributed by atoms with Gasteiger partial charge in [-0.2, -0.15) is 0 Å². The van der Waals surface area contributed by atoms with E-state index in [-0.39, 0.29) is 5.41 Å². The fraction of sp³-hybridized carbons (Fsp3) is 0.750. The van der Waals surface area contributed by atoms with Crippen LogP contribution in [0, 0.1) is 0 Å². The van der Waals surface area contributed by atoms with Crippen molar-refractivity contribution in [2.75, 3.05) is 0 Å². The minimum Gasteiger partial charge on any atom is -0.255 e. The molecule has 0 aliphatic rings. The van der Waals surface area contributed by atoms with E-state index in [4.69, 9.17) is 0 Å². The van der Waals surface area contributed by atoms with Crippen LogP contribution in [0.15, 0.2) is 6.20 Å². The van der Waals surface area contributed by atoms with E-state index in [1.54, 1.807) is 4.68 Å². The first-order chi connectivity index (χ1) is 5.06. The third kappa shape index (κ3) is 1.59. The van der Waals surface area contributed by atoms with Crippen molar-refractivity contribution in [1.82, 2.24) is 15.0 Å². The topological polar surface area (TPSA) is 30.7 Å². The zero-order valence-electron chi connectivity index (χ0n) is 7.63. The Hall–Kier alpha value is -0.860. The average Bonchev–Trinajstić information content (AvgIpc) is 2.36. The second kappa shape index (κ2) is 2.64. The fourth-order valence-electron chi connectivity index (χ4n) is 0.839. The van der Waals surface area contributed by atoms with Crippen molar-refractivity contribution < 1.29 is 0 Å². The molecule has 0 fully saturated rings. The predicted octanol–water partition coefficient (Wildman–Crippen LogP) is 1.50. The molecule has 0 aliphatic heterocycles. The number of hydrogen-bond acceptors (Lipinski definition) is 2.